The lowest BCUT2D eigenvalue weighted by molar-refractivity contribution is 0.102. The van der Waals surface area contributed by atoms with Crippen molar-refractivity contribution in [2.24, 2.45) is 0 Å². The third-order valence-corrected chi connectivity index (χ3v) is 4.65. The monoisotopic (exact) mass is 333 g/mol. The third-order valence-electron chi connectivity index (χ3n) is 3.69. The highest BCUT2D eigenvalue weighted by Crippen LogP contribution is 2.29. The third kappa shape index (κ3) is 3.69. The summed E-state index contributed by atoms with van der Waals surface area (Å²) in [6, 6.07) is 25.7. The van der Waals surface area contributed by atoms with Crippen LogP contribution in [-0.4, -0.2) is 11.7 Å². The minimum absolute atomic E-state index is 0.0741. The van der Waals surface area contributed by atoms with Crippen LogP contribution in [-0.2, 0) is 0 Å². The highest BCUT2D eigenvalue weighted by atomic mass is 32.2. The lowest BCUT2D eigenvalue weighted by atomic mass is 10.0. The highest BCUT2D eigenvalue weighted by molar-refractivity contribution is 7.99. The molecule has 0 unspecified atom stereocenters. The second kappa shape index (κ2) is 7.84. The molecule has 3 rings (SSSR count). The first-order valence-electron chi connectivity index (χ1n) is 7.97. The van der Waals surface area contributed by atoms with Crippen LogP contribution in [0.5, 0.6) is 0 Å². The molecule has 24 heavy (non-hydrogen) atoms. The summed E-state index contributed by atoms with van der Waals surface area (Å²) in [4.78, 5) is 13.8. The molecule has 0 bridgehead atoms. The van der Waals surface area contributed by atoms with E-state index in [0.717, 1.165) is 27.5 Å². The van der Waals surface area contributed by atoms with Crippen LogP contribution in [0.15, 0.2) is 83.8 Å². The molecule has 3 aromatic carbocycles. The Balaban J connectivity index is 1.91. The van der Waals surface area contributed by atoms with Crippen LogP contribution in [0.4, 0.5) is 5.69 Å². The number of anilines is 1. The Bertz CT molecular complexity index is 830. The minimum Gasteiger partial charge on any atom is -0.321 e. The van der Waals surface area contributed by atoms with Gasteiger partial charge in [-0.3, -0.25) is 4.79 Å². The number of hydrogen-bond donors (Lipinski definition) is 1. The Morgan fingerprint density at radius 3 is 2.33 bits per heavy atom. The Morgan fingerprint density at radius 1 is 0.875 bits per heavy atom. The van der Waals surface area contributed by atoms with E-state index >= 15 is 0 Å². The summed E-state index contributed by atoms with van der Waals surface area (Å²) < 4.78 is 0. The fraction of sp³-hybridized carbons (Fsp3) is 0.0952. The molecule has 120 valence electrons. The average molecular weight is 333 g/mol. The van der Waals surface area contributed by atoms with Crippen molar-refractivity contribution < 1.29 is 4.79 Å². The molecule has 0 heterocycles. The molecule has 0 aliphatic heterocycles. The average Bonchev–Trinajstić information content (AvgIpc) is 2.63. The van der Waals surface area contributed by atoms with Crippen LogP contribution in [0, 0.1) is 0 Å². The Morgan fingerprint density at radius 2 is 1.54 bits per heavy atom. The first-order valence-corrected chi connectivity index (χ1v) is 8.96. The Labute approximate surface area is 146 Å². The summed E-state index contributed by atoms with van der Waals surface area (Å²) in [6.45, 7) is 2.09. The second-order valence-electron chi connectivity index (χ2n) is 5.29. The lowest BCUT2D eigenvalue weighted by Crippen LogP contribution is -2.13. The van der Waals surface area contributed by atoms with E-state index in [0.29, 0.717) is 5.56 Å². The molecule has 2 nitrogen and oxygen atoms in total. The van der Waals surface area contributed by atoms with E-state index in [9.17, 15) is 4.79 Å². The van der Waals surface area contributed by atoms with Crippen molar-refractivity contribution in [1.82, 2.24) is 0 Å². The van der Waals surface area contributed by atoms with Gasteiger partial charge in [-0.25, -0.2) is 0 Å². The second-order valence-corrected chi connectivity index (χ2v) is 6.60. The first-order chi connectivity index (χ1) is 11.8. The summed E-state index contributed by atoms with van der Waals surface area (Å²) in [7, 11) is 0. The molecule has 0 saturated heterocycles. The molecule has 1 N–H and O–H groups in total. The molecule has 3 aromatic rings. The maximum absolute atomic E-state index is 12.8. The molecule has 0 spiro atoms. The summed E-state index contributed by atoms with van der Waals surface area (Å²) in [5.74, 6) is 0.861. The molecular formula is C21H19NOS. The van der Waals surface area contributed by atoms with E-state index in [1.165, 1.54) is 0 Å². The smallest absolute Gasteiger partial charge is 0.256 e. The standard InChI is InChI=1S/C21H19NOS/c1-2-24-20-15-9-7-13-18(20)21(23)22-19-14-8-6-12-17(19)16-10-4-3-5-11-16/h3-15H,2H2,1H3,(H,22,23). The molecule has 0 saturated carbocycles. The predicted molar refractivity (Wildman–Crippen MR) is 103 cm³/mol. The number of nitrogens with one attached hydrogen (secondary N) is 1. The minimum atomic E-state index is -0.0741. The largest absolute Gasteiger partial charge is 0.321 e. The van der Waals surface area contributed by atoms with Crippen LogP contribution in [0.2, 0.25) is 0 Å². The zero-order valence-electron chi connectivity index (χ0n) is 13.5. The van der Waals surface area contributed by atoms with Gasteiger partial charge in [0.15, 0.2) is 0 Å². The quantitative estimate of drug-likeness (QED) is 0.605. The SMILES string of the molecule is CCSc1ccccc1C(=O)Nc1ccccc1-c1ccccc1. The van der Waals surface area contributed by atoms with Crippen molar-refractivity contribution in [3.05, 3.63) is 84.4 Å². The van der Waals surface area contributed by atoms with Gasteiger partial charge in [0.05, 0.1) is 5.56 Å². The molecule has 0 atom stereocenters. The van der Waals surface area contributed by atoms with E-state index in [1.807, 2.05) is 78.9 Å². The number of hydrogen-bond acceptors (Lipinski definition) is 2. The zero-order chi connectivity index (χ0) is 16.8. The fourth-order valence-electron chi connectivity index (χ4n) is 2.59. The molecule has 0 aliphatic carbocycles. The maximum Gasteiger partial charge on any atom is 0.256 e. The summed E-state index contributed by atoms with van der Waals surface area (Å²) in [5, 5.41) is 3.07. The van der Waals surface area contributed by atoms with Crippen molar-refractivity contribution in [1.29, 1.82) is 0 Å². The summed E-state index contributed by atoms with van der Waals surface area (Å²) in [5.41, 5.74) is 3.65. The van der Waals surface area contributed by atoms with Crippen LogP contribution in [0.25, 0.3) is 11.1 Å². The number of carbonyl (C=O) groups is 1. The van der Waals surface area contributed by atoms with Crippen molar-refractivity contribution in [3.63, 3.8) is 0 Å². The zero-order valence-corrected chi connectivity index (χ0v) is 14.3. The van der Waals surface area contributed by atoms with E-state index in [-0.39, 0.29) is 5.91 Å². The number of carbonyl (C=O) groups excluding carboxylic acids is 1. The predicted octanol–water partition coefficient (Wildman–Crippen LogP) is 5.72. The normalized spacial score (nSPS) is 10.4. The van der Waals surface area contributed by atoms with Gasteiger partial charge in [0.2, 0.25) is 0 Å². The van der Waals surface area contributed by atoms with Gasteiger partial charge in [-0.1, -0.05) is 67.6 Å². The number of thioether (sulfide) groups is 1. The van der Waals surface area contributed by atoms with E-state index in [4.69, 9.17) is 0 Å². The molecule has 0 aliphatic rings. The molecule has 0 radical (unpaired) electrons. The van der Waals surface area contributed by atoms with Gasteiger partial charge in [-0.05, 0) is 29.5 Å². The van der Waals surface area contributed by atoms with Crippen LogP contribution < -0.4 is 5.32 Å². The van der Waals surface area contributed by atoms with Crippen molar-refractivity contribution in [2.45, 2.75) is 11.8 Å². The van der Waals surface area contributed by atoms with Gasteiger partial charge in [-0.2, -0.15) is 0 Å². The van der Waals surface area contributed by atoms with Gasteiger partial charge in [0.25, 0.3) is 5.91 Å². The lowest BCUT2D eigenvalue weighted by Gasteiger charge is -2.13. The fourth-order valence-corrected chi connectivity index (χ4v) is 3.39. The number of para-hydroxylation sites is 1. The highest BCUT2D eigenvalue weighted by Gasteiger charge is 2.13. The Kier molecular flexibility index (Phi) is 5.34. The van der Waals surface area contributed by atoms with Gasteiger partial charge in [0.1, 0.15) is 0 Å². The molecule has 0 aromatic heterocycles. The number of rotatable bonds is 5. The van der Waals surface area contributed by atoms with Crippen LogP contribution in [0.1, 0.15) is 17.3 Å². The van der Waals surface area contributed by atoms with E-state index in [1.54, 1.807) is 11.8 Å². The summed E-state index contributed by atoms with van der Waals surface area (Å²) >= 11 is 1.68. The number of benzene rings is 3. The van der Waals surface area contributed by atoms with Gasteiger partial charge < -0.3 is 5.32 Å². The van der Waals surface area contributed by atoms with Gasteiger partial charge in [-0.15, -0.1) is 11.8 Å². The molecular weight excluding hydrogens is 314 g/mol. The topological polar surface area (TPSA) is 29.1 Å². The van der Waals surface area contributed by atoms with E-state index < -0.39 is 0 Å². The molecule has 0 fully saturated rings. The van der Waals surface area contributed by atoms with Gasteiger partial charge in [0, 0.05) is 16.1 Å². The van der Waals surface area contributed by atoms with E-state index in [2.05, 4.69) is 12.2 Å². The molecule has 3 heteroatoms. The van der Waals surface area contributed by atoms with Crippen molar-refractivity contribution in [2.75, 3.05) is 11.1 Å². The van der Waals surface area contributed by atoms with Crippen molar-refractivity contribution in [3.8, 4) is 11.1 Å². The van der Waals surface area contributed by atoms with Gasteiger partial charge >= 0.3 is 0 Å². The maximum atomic E-state index is 12.8. The van der Waals surface area contributed by atoms with Crippen LogP contribution in [0.3, 0.4) is 0 Å². The Hall–Kier alpha value is -2.52. The summed E-state index contributed by atoms with van der Waals surface area (Å²) in [6.07, 6.45) is 0. The van der Waals surface area contributed by atoms with Crippen LogP contribution >= 0.6 is 11.8 Å². The van der Waals surface area contributed by atoms with Crippen molar-refractivity contribution >= 4 is 23.4 Å². The number of amides is 1. The molecule has 1 amide bonds. The first kappa shape index (κ1) is 16.3.